The number of pyridine rings is 1. The first-order chi connectivity index (χ1) is 4.95. The molecule has 0 amide bonds. The van der Waals surface area contributed by atoms with Crippen molar-refractivity contribution in [1.82, 2.24) is 9.38 Å². The van der Waals surface area contributed by atoms with Crippen LogP contribution in [0.2, 0.25) is 0 Å². The molecular weight excluding hydrogens is 124 g/mol. The van der Waals surface area contributed by atoms with Gasteiger partial charge in [0.2, 0.25) is 0 Å². The predicted octanol–water partition coefficient (Wildman–Crippen LogP) is 1.24. The van der Waals surface area contributed by atoms with Crippen molar-refractivity contribution >= 4 is 5.65 Å². The Kier molecular flexibility index (Phi) is 0.556. The number of rotatable bonds is 0. The van der Waals surface area contributed by atoms with Crippen LogP contribution in [0.5, 0.6) is 0 Å². The fourth-order valence-electron chi connectivity index (χ4n) is 1.33. The Morgan fingerprint density at radius 3 is 3.30 bits per heavy atom. The highest BCUT2D eigenvalue weighted by atomic mass is 15.1. The highest BCUT2D eigenvalue weighted by Gasteiger charge is 2.23. The molecule has 0 unspecified atom stereocenters. The Bertz CT molecular complexity index is 401. The summed E-state index contributed by atoms with van der Waals surface area (Å²) in [6.45, 7) is 0. The van der Waals surface area contributed by atoms with Crippen LogP contribution in [-0.2, 0) is 6.42 Å². The maximum absolute atomic E-state index is 4.37. The zero-order valence-corrected chi connectivity index (χ0v) is 5.41. The topological polar surface area (TPSA) is 17.3 Å². The van der Waals surface area contributed by atoms with Gasteiger partial charge in [-0.1, -0.05) is 6.07 Å². The summed E-state index contributed by atoms with van der Waals surface area (Å²) in [6.07, 6.45) is 3.16. The molecule has 48 valence electrons. The van der Waals surface area contributed by atoms with Crippen LogP contribution in [0, 0.1) is 0 Å². The van der Waals surface area contributed by atoms with Gasteiger partial charge in [0.25, 0.3) is 0 Å². The summed E-state index contributed by atoms with van der Waals surface area (Å²) in [4.78, 5) is 4.37. The third kappa shape index (κ3) is 0.386. The van der Waals surface area contributed by atoms with Crippen LogP contribution in [0.3, 0.4) is 0 Å². The second kappa shape index (κ2) is 1.24. The standard InChI is InChI=1S/C8H6N2/c1-2-4-10-7-5-6(7)9-8(10)3-1/h1-4H,5H2. The van der Waals surface area contributed by atoms with E-state index in [1.54, 1.807) is 0 Å². The number of fused-ring (bicyclic) bond motifs is 3. The molecule has 0 saturated carbocycles. The average molecular weight is 130 g/mol. The molecule has 1 aliphatic rings. The average Bonchev–Trinajstić information content (AvgIpc) is 2.64. The molecular formula is C8H6N2. The minimum absolute atomic E-state index is 1.08. The van der Waals surface area contributed by atoms with Gasteiger partial charge in [0, 0.05) is 12.6 Å². The Morgan fingerprint density at radius 2 is 2.40 bits per heavy atom. The molecule has 2 aromatic heterocycles. The van der Waals surface area contributed by atoms with Crippen LogP contribution < -0.4 is 0 Å². The molecule has 0 spiro atoms. The Labute approximate surface area is 58.1 Å². The van der Waals surface area contributed by atoms with Crippen LogP contribution in [-0.4, -0.2) is 9.38 Å². The lowest BCUT2D eigenvalue weighted by Crippen LogP contribution is -1.83. The third-order valence-corrected chi connectivity index (χ3v) is 1.92. The molecule has 2 nitrogen and oxygen atoms in total. The largest absolute Gasteiger partial charge is 0.303 e. The van der Waals surface area contributed by atoms with E-state index in [1.807, 2.05) is 18.2 Å². The smallest absolute Gasteiger partial charge is 0.137 e. The van der Waals surface area contributed by atoms with Crippen molar-refractivity contribution in [3.05, 3.63) is 35.8 Å². The minimum Gasteiger partial charge on any atom is -0.303 e. The van der Waals surface area contributed by atoms with E-state index in [2.05, 4.69) is 15.6 Å². The lowest BCUT2D eigenvalue weighted by molar-refractivity contribution is 1.11. The summed E-state index contributed by atoms with van der Waals surface area (Å²) in [7, 11) is 0. The van der Waals surface area contributed by atoms with Crippen LogP contribution in [0.4, 0.5) is 0 Å². The SMILES string of the molecule is c1ccn2c3c(nc2c1)C3. The van der Waals surface area contributed by atoms with Gasteiger partial charge >= 0.3 is 0 Å². The van der Waals surface area contributed by atoms with Gasteiger partial charge in [-0.15, -0.1) is 0 Å². The molecule has 0 saturated heterocycles. The second-order valence-electron chi connectivity index (χ2n) is 2.61. The lowest BCUT2D eigenvalue weighted by Gasteiger charge is -1.90. The molecule has 0 aliphatic heterocycles. The van der Waals surface area contributed by atoms with E-state index < -0.39 is 0 Å². The van der Waals surface area contributed by atoms with Gasteiger partial charge in [0.05, 0.1) is 11.4 Å². The summed E-state index contributed by atoms with van der Waals surface area (Å²) >= 11 is 0. The molecule has 0 bridgehead atoms. The van der Waals surface area contributed by atoms with Crippen molar-refractivity contribution in [2.45, 2.75) is 6.42 Å². The van der Waals surface area contributed by atoms with E-state index in [0.29, 0.717) is 0 Å². The number of hydrogen-bond donors (Lipinski definition) is 0. The molecule has 0 fully saturated rings. The maximum atomic E-state index is 4.37. The fourth-order valence-corrected chi connectivity index (χ4v) is 1.33. The summed E-state index contributed by atoms with van der Waals surface area (Å²) in [6, 6.07) is 6.08. The first kappa shape index (κ1) is 4.50. The van der Waals surface area contributed by atoms with Gasteiger partial charge in [0.15, 0.2) is 0 Å². The molecule has 0 aromatic carbocycles. The third-order valence-electron chi connectivity index (χ3n) is 1.92. The van der Waals surface area contributed by atoms with E-state index in [9.17, 15) is 0 Å². The van der Waals surface area contributed by atoms with Gasteiger partial charge in [-0.05, 0) is 12.1 Å². The van der Waals surface area contributed by atoms with E-state index in [-0.39, 0.29) is 0 Å². The molecule has 2 heterocycles. The van der Waals surface area contributed by atoms with Gasteiger partial charge in [0.1, 0.15) is 5.65 Å². The van der Waals surface area contributed by atoms with E-state index in [4.69, 9.17) is 0 Å². The van der Waals surface area contributed by atoms with Crippen LogP contribution in [0.15, 0.2) is 24.4 Å². The summed E-state index contributed by atoms with van der Waals surface area (Å²) < 4.78 is 2.15. The van der Waals surface area contributed by atoms with Crippen molar-refractivity contribution in [2.75, 3.05) is 0 Å². The van der Waals surface area contributed by atoms with Crippen LogP contribution in [0.1, 0.15) is 11.4 Å². The van der Waals surface area contributed by atoms with E-state index >= 15 is 0 Å². The van der Waals surface area contributed by atoms with Gasteiger partial charge in [-0.25, -0.2) is 4.98 Å². The zero-order valence-electron chi connectivity index (χ0n) is 5.41. The van der Waals surface area contributed by atoms with Crippen molar-refractivity contribution in [3.8, 4) is 0 Å². The Hall–Kier alpha value is -1.31. The molecule has 2 aromatic rings. The maximum Gasteiger partial charge on any atom is 0.137 e. The van der Waals surface area contributed by atoms with Crippen LogP contribution >= 0.6 is 0 Å². The quantitative estimate of drug-likeness (QED) is 0.447. The summed E-state index contributed by atoms with van der Waals surface area (Å²) in [5.41, 5.74) is 3.74. The molecule has 1 aliphatic carbocycles. The van der Waals surface area contributed by atoms with Gasteiger partial charge in [-0.2, -0.15) is 0 Å². The Morgan fingerprint density at radius 1 is 1.40 bits per heavy atom. The van der Waals surface area contributed by atoms with Crippen molar-refractivity contribution < 1.29 is 0 Å². The first-order valence-electron chi connectivity index (χ1n) is 3.40. The normalized spacial score (nSPS) is 13.6. The van der Waals surface area contributed by atoms with Gasteiger partial charge < -0.3 is 4.40 Å². The van der Waals surface area contributed by atoms with Crippen LogP contribution in [0.25, 0.3) is 5.65 Å². The number of nitrogens with zero attached hydrogens (tertiary/aromatic N) is 2. The summed E-state index contributed by atoms with van der Waals surface area (Å²) in [5, 5.41) is 0. The highest BCUT2D eigenvalue weighted by molar-refractivity contribution is 5.50. The lowest BCUT2D eigenvalue weighted by atomic mass is 10.5. The second-order valence-corrected chi connectivity index (χ2v) is 2.61. The van der Waals surface area contributed by atoms with Crippen molar-refractivity contribution in [3.63, 3.8) is 0 Å². The molecule has 3 rings (SSSR count). The molecule has 0 radical (unpaired) electrons. The van der Waals surface area contributed by atoms with Crippen molar-refractivity contribution in [1.29, 1.82) is 0 Å². The monoisotopic (exact) mass is 130 g/mol. The molecule has 10 heavy (non-hydrogen) atoms. The number of hydrogen-bond acceptors (Lipinski definition) is 1. The highest BCUT2D eigenvalue weighted by Crippen LogP contribution is 2.27. The van der Waals surface area contributed by atoms with E-state index in [0.717, 1.165) is 12.1 Å². The fraction of sp³-hybridized carbons (Fsp3) is 0.125. The summed E-state index contributed by atoms with van der Waals surface area (Å²) in [5.74, 6) is 0. The molecule has 0 atom stereocenters. The van der Waals surface area contributed by atoms with Crippen molar-refractivity contribution in [2.24, 2.45) is 0 Å². The minimum atomic E-state index is 1.08. The van der Waals surface area contributed by atoms with Gasteiger partial charge in [-0.3, -0.25) is 0 Å². The molecule has 2 heteroatoms. The molecule has 0 N–H and O–H groups in total. The Balaban J connectivity index is 2.60. The van der Waals surface area contributed by atoms with E-state index in [1.165, 1.54) is 11.4 Å². The number of imidazole rings is 1. The zero-order chi connectivity index (χ0) is 6.55. The predicted molar refractivity (Wildman–Crippen MR) is 38.0 cm³/mol. The first-order valence-corrected chi connectivity index (χ1v) is 3.40. The number of aromatic nitrogens is 2.